The third-order valence-electron chi connectivity index (χ3n) is 4.78. The molecule has 4 nitrogen and oxygen atoms in total. The number of nitrogens with one attached hydrogen (secondary N) is 2. The summed E-state index contributed by atoms with van der Waals surface area (Å²) in [5, 5.41) is 3.33. The number of fused-ring (bicyclic) bond motifs is 1. The number of halogens is 3. The standard InChI is InChI=1S/C21H19F3N2O2/c1-12-7-8-14-11-15(19(27)26-18(14)13(12)2)9-10-25-20(28)16-5-3-4-6-17(16)21(22,23)24/h3-8,11H,9-10H2,1-2H3,(H,25,28)(H,26,27). The summed E-state index contributed by atoms with van der Waals surface area (Å²) in [5.41, 5.74) is 1.57. The lowest BCUT2D eigenvalue weighted by molar-refractivity contribution is -0.137. The summed E-state index contributed by atoms with van der Waals surface area (Å²) in [6.45, 7) is 3.92. The van der Waals surface area contributed by atoms with E-state index in [1.54, 1.807) is 6.07 Å². The molecule has 0 aliphatic heterocycles. The van der Waals surface area contributed by atoms with Gasteiger partial charge in [-0.2, -0.15) is 13.2 Å². The zero-order valence-corrected chi connectivity index (χ0v) is 15.4. The second-order valence-corrected chi connectivity index (χ2v) is 6.64. The summed E-state index contributed by atoms with van der Waals surface area (Å²) < 4.78 is 39.1. The molecule has 2 N–H and O–H groups in total. The van der Waals surface area contributed by atoms with Crippen LogP contribution < -0.4 is 10.9 Å². The van der Waals surface area contributed by atoms with Gasteiger partial charge in [0, 0.05) is 12.1 Å². The van der Waals surface area contributed by atoms with Crippen LogP contribution in [0.5, 0.6) is 0 Å². The van der Waals surface area contributed by atoms with E-state index in [9.17, 15) is 22.8 Å². The van der Waals surface area contributed by atoms with Crippen molar-refractivity contribution < 1.29 is 18.0 Å². The van der Waals surface area contributed by atoms with Crippen LogP contribution in [0.1, 0.15) is 32.6 Å². The molecular formula is C21H19F3N2O2. The van der Waals surface area contributed by atoms with Gasteiger partial charge in [-0.1, -0.05) is 24.3 Å². The van der Waals surface area contributed by atoms with Crippen LogP contribution in [0.25, 0.3) is 10.9 Å². The summed E-state index contributed by atoms with van der Waals surface area (Å²) in [4.78, 5) is 27.3. The fourth-order valence-corrected chi connectivity index (χ4v) is 3.09. The molecule has 3 rings (SSSR count). The normalized spacial score (nSPS) is 11.6. The monoisotopic (exact) mass is 388 g/mol. The average Bonchev–Trinajstić information content (AvgIpc) is 2.65. The highest BCUT2D eigenvalue weighted by molar-refractivity contribution is 5.95. The quantitative estimate of drug-likeness (QED) is 0.706. The van der Waals surface area contributed by atoms with Crippen molar-refractivity contribution in [3.63, 3.8) is 0 Å². The summed E-state index contributed by atoms with van der Waals surface area (Å²) in [6, 6.07) is 10.2. The Kier molecular flexibility index (Phi) is 5.27. The first-order chi connectivity index (χ1) is 13.2. The van der Waals surface area contributed by atoms with Crippen molar-refractivity contribution in [3.05, 3.63) is 80.6 Å². The number of aromatic nitrogens is 1. The molecule has 1 heterocycles. The van der Waals surface area contributed by atoms with Gasteiger partial charge in [0.1, 0.15) is 0 Å². The lowest BCUT2D eigenvalue weighted by Gasteiger charge is -2.12. The first kappa shape index (κ1) is 19.7. The van der Waals surface area contributed by atoms with E-state index in [-0.39, 0.29) is 18.5 Å². The molecule has 0 spiro atoms. The van der Waals surface area contributed by atoms with Crippen LogP contribution in [-0.2, 0) is 12.6 Å². The van der Waals surface area contributed by atoms with Crippen LogP contribution in [0.15, 0.2) is 47.3 Å². The van der Waals surface area contributed by atoms with Gasteiger partial charge in [-0.15, -0.1) is 0 Å². The second kappa shape index (κ2) is 7.50. The molecule has 0 aliphatic carbocycles. The number of rotatable bonds is 4. The van der Waals surface area contributed by atoms with Crippen molar-refractivity contribution in [1.29, 1.82) is 0 Å². The van der Waals surface area contributed by atoms with Gasteiger partial charge in [-0.3, -0.25) is 9.59 Å². The van der Waals surface area contributed by atoms with Gasteiger partial charge in [-0.25, -0.2) is 0 Å². The van der Waals surface area contributed by atoms with E-state index in [0.717, 1.165) is 34.2 Å². The van der Waals surface area contributed by atoms with Gasteiger partial charge in [0.25, 0.3) is 11.5 Å². The first-order valence-electron chi connectivity index (χ1n) is 8.75. The number of aromatic amines is 1. The minimum absolute atomic E-state index is 0.0461. The van der Waals surface area contributed by atoms with Crippen LogP contribution in [0.2, 0.25) is 0 Å². The van der Waals surface area contributed by atoms with E-state index in [0.29, 0.717) is 5.56 Å². The molecule has 7 heteroatoms. The summed E-state index contributed by atoms with van der Waals surface area (Å²) in [5.74, 6) is -0.823. The number of pyridine rings is 1. The molecule has 1 aromatic heterocycles. The van der Waals surface area contributed by atoms with Crippen LogP contribution in [-0.4, -0.2) is 17.4 Å². The lowest BCUT2D eigenvalue weighted by Crippen LogP contribution is -2.29. The fraction of sp³-hybridized carbons (Fsp3) is 0.238. The Labute approximate surface area is 159 Å². The van der Waals surface area contributed by atoms with Crippen LogP contribution in [0, 0.1) is 13.8 Å². The zero-order chi connectivity index (χ0) is 20.5. The van der Waals surface area contributed by atoms with E-state index in [1.165, 1.54) is 12.1 Å². The summed E-state index contributed by atoms with van der Waals surface area (Å²) >= 11 is 0. The van der Waals surface area contributed by atoms with Crippen molar-refractivity contribution >= 4 is 16.8 Å². The number of aryl methyl sites for hydroxylation is 2. The third kappa shape index (κ3) is 3.93. The third-order valence-corrected chi connectivity index (χ3v) is 4.78. The van der Waals surface area contributed by atoms with Crippen molar-refractivity contribution in [3.8, 4) is 0 Å². The molecule has 0 fully saturated rings. The number of carbonyl (C=O) groups excluding carboxylic acids is 1. The van der Waals surface area contributed by atoms with Gasteiger partial charge < -0.3 is 10.3 Å². The Morgan fingerprint density at radius 3 is 2.54 bits per heavy atom. The first-order valence-corrected chi connectivity index (χ1v) is 8.75. The van der Waals surface area contributed by atoms with Crippen LogP contribution in [0.4, 0.5) is 13.2 Å². The molecule has 146 valence electrons. The molecule has 0 atom stereocenters. The average molecular weight is 388 g/mol. The van der Waals surface area contributed by atoms with Crippen LogP contribution >= 0.6 is 0 Å². The van der Waals surface area contributed by atoms with Gasteiger partial charge >= 0.3 is 6.18 Å². The maximum Gasteiger partial charge on any atom is 0.417 e. The highest BCUT2D eigenvalue weighted by atomic mass is 19.4. The van der Waals surface area contributed by atoms with E-state index in [2.05, 4.69) is 10.3 Å². The Bertz CT molecular complexity index is 1100. The molecule has 3 aromatic rings. The van der Waals surface area contributed by atoms with Crippen molar-refractivity contribution in [2.75, 3.05) is 6.54 Å². The van der Waals surface area contributed by atoms with Gasteiger partial charge in [0.05, 0.1) is 16.6 Å². The second-order valence-electron chi connectivity index (χ2n) is 6.64. The molecule has 0 saturated carbocycles. The van der Waals surface area contributed by atoms with E-state index < -0.39 is 23.2 Å². The predicted octanol–water partition coefficient (Wildman–Crippen LogP) is 4.14. The van der Waals surface area contributed by atoms with E-state index in [1.807, 2.05) is 26.0 Å². The minimum Gasteiger partial charge on any atom is -0.352 e. The van der Waals surface area contributed by atoms with Crippen molar-refractivity contribution in [2.24, 2.45) is 0 Å². The van der Waals surface area contributed by atoms with E-state index in [4.69, 9.17) is 0 Å². The highest BCUT2D eigenvalue weighted by Crippen LogP contribution is 2.31. The molecule has 1 amide bonds. The highest BCUT2D eigenvalue weighted by Gasteiger charge is 2.34. The predicted molar refractivity (Wildman–Crippen MR) is 102 cm³/mol. The summed E-state index contributed by atoms with van der Waals surface area (Å²) in [6.07, 6.45) is -4.41. The maximum atomic E-state index is 13.0. The SMILES string of the molecule is Cc1ccc2cc(CCNC(=O)c3ccccc3C(F)(F)F)c(=O)[nH]c2c1C. The minimum atomic E-state index is -4.61. The Morgan fingerprint density at radius 2 is 1.82 bits per heavy atom. The number of carbonyl (C=O) groups is 1. The molecule has 0 aliphatic rings. The van der Waals surface area contributed by atoms with Gasteiger partial charge in [-0.05, 0) is 55.0 Å². The number of hydrogen-bond acceptors (Lipinski definition) is 2. The maximum absolute atomic E-state index is 13.0. The molecular weight excluding hydrogens is 369 g/mol. The smallest absolute Gasteiger partial charge is 0.352 e. The fourth-order valence-electron chi connectivity index (χ4n) is 3.09. The largest absolute Gasteiger partial charge is 0.417 e. The van der Waals surface area contributed by atoms with Crippen molar-refractivity contribution in [1.82, 2.24) is 10.3 Å². The summed E-state index contributed by atoms with van der Waals surface area (Å²) in [7, 11) is 0. The number of benzene rings is 2. The zero-order valence-electron chi connectivity index (χ0n) is 15.4. The molecule has 0 bridgehead atoms. The van der Waals surface area contributed by atoms with Gasteiger partial charge in [0.2, 0.25) is 0 Å². The molecule has 0 saturated heterocycles. The number of amides is 1. The Hall–Kier alpha value is -3.09. The molecule has 0 unspecified atom stereocenters. The van der Waals surface area contributed by atoms with Crippen molar-refractivity contribution in [2.45, 2.75) is 26.4 Å². The van der Waals surface area contributed by atoms with Crippen LogP contribution in [0.3, 0.4) is 0 Å². The lowest BCUT2D eigenvalue weighted by atomic mass is 10.0. The number of H-pyrrole nitrogens is 1. The van der Waals surface area contributed by atoms with Gasteiger partial charge in [0.15, 0.2) is 0 Å². The molecule has 28 heavy (non-hydrogen) atoms. The molecule has 2 aromatic carbocycles. The molecule has 0 radical (unpaired) electrons. The number of hydrogen-bond donors (Lipinski definition) is 2. The number of alkyl halides is 3. The van der Waals surface area contributed by atoms with E-state index >= 15 is 0 Å². The Morgan fingerprint density at radius 1 is 1.11 bits per heavy atom. The Balaban J connectivity index is 1.76. The topological polar surface area (TPSA) is 62.0 Å².